The van der Waals surface area contributed by atoms with Crippen molar-refractivity contribution in [2.75, 3.05) is 6.54 Å². The minimum absolute atomic E-state index is 0. The smallest absolute Gasteiger partial charge is 0.548 e. The van der Waals surface area contributed by atoms with Crippen molar-refractivity contribution in [2.45, 2.75) is 57.9 Å². The number of hydrogen-bond donors (Lipinski definition) is 2. The number of nitrogens with one attached hydrogen (secondary N) is 1. The first-order valence-corrected chi connectivity index (χ1v) is 6.24. The summed E-state index contributed by atoms with van der Waals surface area (Å²) in [6, 6.07) is -1.08. The zero-order valence-corrected chi connectivity index (χ0v) is 14.5. The molecule has 5 nitrogen and oxygen atoms in total. The summed E-state index contributed by atoms with van der Waals surface area (Å²) in [5, 5.41) is 21.8. The number of rotatable bonds is 11. The summed E-state index contributed by atoms with van der Waals surface area (Å²) in [6.45, 7) is 2.68. The van der Waals surface area contributed by atoms with Crippen molar-refractivity contribution in [3.8, 4) is 0 Å². The van der Waals surface area contributed by atoms with E-state index in [9.17, 15) is 14.7 Å². The molecule has 6 heteroatoms. The van der Waals surface area contributed by atoms with Gasteiger partial charge in [-0.25, -0.2) is 0 Å². The summed E-state index contributed by atoms with van der Waals surface area (Å²) in [5.41, 5.74) is 0. The van der Waals surface area contributed by atoms with Gasteiger partial charge in [0.1, 0.15) is 0 Å². The van der Waals surface area contributed by atoms with Gasteiger partial charge in [0.25, 0.3) is 0 Å². The average molecular weight is 283 g/mol. The maximum absolute atomic E-state index is 10.6. The molecule has 18 heavy (non-hydrogen) atoms. The number of carboxylic acids is 2. The minimum atomic E-state index is -1.35. The van der Waals surface area contributed by atoms with Gasteiger partial charge < -0.3 is 20.3 Å². The summed E-state index contributed by atoms with van der Waals surface area (Å²) in [4.78, 5) is 21.0. The van der Waals surface area contributed by atoms with E-state index in [0.717, 1.165) is 19.3 Å². The van der Waals surface area contributed by atoms with E-state index in [-0.39, 0.29) is 51.4 Å². The van der Waals surface area contributed by atoms with Crippen LogP contribution in [0.15, 0.2) is 0 Å². The molecule has 0 radical (unpaired) electrons. The topological polar surface area (TPSA) is 89.5 Å². The van der Waals surface area contributed by atoms with Crippen LogP contribution in [0.3, 0.4) is 0 Å². The van der Waals surface area contributed by atoms with Crippen LogP contribution in [0.1, 0.15) is 51.9 Å². The van der Waals surface area contributed by atoms with Gasteiger partial charge in [-0.15, -0.1) is 0 Å². The molecule has 0 heterocycles. The monoisotopic (exact) mass is 283 g/mol. The first-order chi connectivity index (χ1) is 8.07. The number of carbonyl (C=O) groups is 2. The molecule has 0 amide bonds. The quantitative estimate of drug-likeness (QED) is 0.324. The van der Waals surface area contributed by atoms with Crippen LogP contribution >= 0.6 is 0 Å². The molecular weight excluding hydrogens is 261 g/mol. The molecule has 0 bridgehead atoms. The van der Waals surface area contributed by atoms with E-state index in [1.807, 2.05) is 0 Å². The molecule has 0 spiro atoms. The average Bonchev–Trinajstić information content (AvgIpc) is 2.25. The first-order valence-electron chi connectivity index (χ1n) is 6.24. The molecule has 0 aliphatic rings. The Morgan fingerprint density at radius 2 is 1.72 bits per heavy atom. The summed E-state index contributed by atoms with van der Waals surface area (Å²) in [7, 11) is 0. The molecule has 0 saturated heterocycles. The third-order valence-corrected chi connectivity index (χ3v) is 2.58. The minimum Gasteiger partial charge on any atom is -0.548 e. The standard InChI is InChI=1S/C12H23NO4.K/c1-2-3-4-5-6-7-8-13-10(12(16)17)9-11(14)15;/h10,13H,2-9H2,1H3,(H,14,15)(H,16,17);/q;+1/p-1/t10-;/m0./s1. The molecular formula is C12H22KNO4. The Morgan fingerprint density at radius 1 is 1.17 bits per heavy atom. The molecule has 0 aromatic carbocycles. The molecule has 1 atom stereocenters. The molecule has 2 N–H and O–H groups in total. The van der Waals surface area contributed by atoms with Gasteiger partial charge in [0.15, 0.2) is 0 Å². The van der Waals surface area contributed by atoms with Gasteiger partial charge in [-0.1, -0.05) is 39.0 Å². The van der Waals surface area contributed by atoms with Crippen LogP contribution in [-0.2, 0) is 9.59 Å². The first kappa shape index (κ1) is 20.8. The van der Waals surface area contributed by atoms with Gasteiger partial charge in [0, 0.05) is 0 Å². The normalized spacial score (nSPS) is 11.6. The van der Waals surface area contributed by atoms with Crippen LogP contribution in [-0.4, -0.2) is 29.6 Å². The molecule has 0 saturated carbocycles. The molecule has 0 aromatic rings. The van der Waals surface area contributed by atoms with Crippen LogP contribution in [0.25, 0.3) is 0 Å². The number of carbonyl (C=O) groups excluding carboxylic acids is 1. The fourth-order valence-electron chi connectivity index (χ4n) is 1.60. The third-order valence-electron chi connectivity index (χ3n) is 2.58. The predicted molar refractivity (Wildman–Crippen MR) is 62.4 cm³/mol. The Kier molecular flexibility index (Phi) is 16.2. The summed E-state index contributed by atoms with van der Waals surface area (Å²) in [6.07, 6.45) is 6.25. The van der Waals surface area contributed by atoms with E-state index in [1.54, 1.807) is 0 Å². The van der Waals surface area contributed by atoms with Gasteiger partial charge in [0.2, 0.25) is 0 Å². The molecule has 0 aliphatic carbocycles. The van der Waals surface area contributed by atoms with Crippen molar-refractivity contribution in [3.63, 3.8) is 0 Å². The van der Waals surface area contributed by atoms with Gasteiger partial charge in [-0.2, -0.15) is 0 Å². The zero-order valence-electron chi connectivity index (χ0n) is 11.4. The second-order valence-electron chi connectivity index (χ2n) is 4.19. The van der Waals surface area contributed by atoms with Crippen molar-refractivity contribution in [2.24, 2.45) is 0 Å². The van der Waals surface area contributed by atoms with Crippen molar-refractivity contribution in [3.05, 3.63) is 0 Å². The van der Waals surface area contributed by atoms with Crippen LogP contribution in [0.2, 0.25) is 0 Å². The maximum atomic E-state index is 10.6. The molecule has 0 aliphatic heterocycles. The second kappa shape index (κ2) is 14.0. The Bertz CT molecular complexity index is 236. The second-order valence-corrected chi connectivity index (χ2v) is 4.19. The molecule has 0 rings (SSSR count). The Hall–Kier alpha value is 0.536. The SMILES string of the molecule is CCCCCCCCN[C@@H](CC(=O)O)C(=O)[O-].[K+]. The molecule has 0 aromatic heterocycles. The zero-order chi connectivity index (χ0) is 13.1. The van der Waals surface area contributed by atoms with Crippen LogP contribution in [0, 0.1) is 0 Å². The van der Waals surface area contributed by atoms with E-state index in [2.05, 4.69) is 12.2 Å². The number of unbranched alkanes of at least 4 members (excludes halogenated alkanes) is 5. The molecule has 0 fully saturated rings. The Morgan fingerprint density at radius 3 is 2.22 bits per heavy atom. The number of hydrogen-bond acceptors (Lipinski definition) is 4. The number of aliphatic carboxylic acids is 2. The van der Waals surface area contributed by atoms with Gasteiger partial charge in [-0.05, 0) is 13.0 Å². The largest absolute Gasteiger partial charge is 1.00 e. The van der Waals surface area contributed by atoms with Crippen LogP contribution < -0.4 is 61.8 Å². The van der Waals surface area contributed by atoms with Crippen molar-refractivity contribution in [1.29, 1.82) is 0 Å². The van der Waals surface area contributed by atoms with E-state index in [1.165, 1.54) is 19.3 Å². The van der Waals surface area contributed by atoms with E-state index >= 15 is 0 Å². The summed E-state index contributed by atoms with van der Waals surface area (Å²) >= 11 is 0. The van der Waals surface area contributed by atoms with Crippen LogP contribution in [0.4, 0.5) is 0 Å². The Labute approximate surface area is 151 Å². The molecule has 100 valence electrons. The Balaban J connectivity index is 0. The van der Waals surface area contributed by atoms with Gasteiger partial charge in [0.05, 0.1) is 18.4 Å². The summed E-state index contributed by atoms with van der Waals surface area (Å²) in [5.74, 6) is -2.48. The van der Waals surface area contributed by atoms with Gasteiger partial charge in [-0.3, -0.25) is 4.79 Å². The maximum Gasteiger partial charge on any atom is 1.00 e. The predicted octanol–water partition coefficient (Wildman–Crippen LogP) is -2.47. The number of carboxylic acid groups (broad SMARTS) is 2. The fourth-order valence-corrected chi connectivity index (χ4v) is 1.60. The van der Waals surface area contributed by atoms with Crippen molar-refractivity contribution >= 4 is 11.9 Å². The fraction of sp³-hybridized carbons (Fsp3) is 0.833. The van der Waals surface area contributed by atoms with Gasteiger partial charge >= 0.3 is 57.4 Å². The van der Waals surface area contributed by atoms with E-state index < -0.39 is 24.4 Å². The van der Waals surface area contributed by atoms with Crippen molar-refractivity contribution in [1.82, 2.24) is 5.32 Å². The van der Waals surface area contributed by atoms with E-state index in [0.29, 0.717) is 6.54 Å². The summed E-state index contributed by atoms with van der Waals surface area (Å²) < 4.78 is 0. The van der Waals surface area contributed by atoms with Crippen LogP contribution in [0.5, 0.6) is 0 Å². The van der Waals surface area contributed by atoms with E-state index in [4.69, 9.17) is 5.11 Å². The third kappa shape index (κ3) is 13.0. The van der Waals surface area contributed by atoms with Crippen molar-refractivity contribution < 1.29 is 71.2 Å². The molecule has 0 unspecified atom stereocenters.